The predicted octanol–water partition coefficient (Wildman–Crippen LogP) is 2.67. The van der Waals surface area contributed by atoms with Crippen LogP contribution in [0, 0.1) is 5.92 Å². The average Bonchev–Trinajstić information content (AvgIpc) is 3.07. The molecule has 0 bridgehead atoms. The van der Waals surface area contributed by atoms with E-state index in [1.165, 1.54) is 12.8 Å². The zero-order valence-electron chi connectivity index (χ0n) is 10.5. The minimum atomic E-state index is -0.0494. The van der Waals surface area contributed by atoms with Crippen LogP contribution in [-0.2, 0) is 17.6 Å². The molecule has 4 nitrogen and oxygen atoms in total. The van der Waals surface area contributed by atoms with Crippen molar-refractivity contribution in [3.63, 3.8) is 0 Å². The van der Waals surface area contributed by atoms with Crippen LogP contribution in [0.2, 0.25) is 0 Å². The second-order valence-electron chi connectivity index (χ2n) is 4.86. The predicted molar refractivity (Wildman–Crippen MR) is 75.1 cm³/mol. The van der Waals surface area contributed by atoms with E-state index in [0.717, 1.165) is 22.9 Å². The highest BCUT2D eigenvalue weighted by Gasteiger charge is 2.22. The molecule has 1 N–H and O–H groups in total. The molecule has 98 valence electrons. The number of amides is 1. The van der Waals surface area contributed by atoms with E-state index in [0.29, 0.717) is 12.2 Å². The van der Waals surface area contributed by atoms with Crippen LogP contribution in [0.4, 0.5) is 5.82 Å². The minimum absolute atomic E-state index is 0.0494. The smallest absolute Gasteiger partial charge is 0.230 e. The zero-order valence-corrected chi connectivity index (χ0v) is 11.3. The second kappa shape index (κ2) is 5.48. The van der Waals surface area contributed by atoms with E-state index in [1.54, 1.807) is 11.3 Å². The Labute approximate surface area is 115 Å². The van der Waals surface area contributed by atoms with Crippen LogP contribution in [0.5, 0.6) is 0 Å². The summed E-state index contributed by atoms with van der Waals surface area (Å²) in [6.07, 6.45) is 4.02. The fraction of sp³-hybridized carbons (Fsp3) is 0.357. The van der Waals surface area contributed by atoms with Gasteiger partial charge in [-0.25, -0.2) is 0 Å². The highest BCUT2D eigenvalue weighted by Crippen LogP contribution is 2.31. The third-order valence-corrected chi connectivity index (χ3v) is 3.97. The molecule has 1 fully saturated rings. The standard InChI is InChI=1S/C14H15N3OS/c18-14(9-12-2-1-7-19-12)15-13-6-5-11(16-17-13)8-10-3-4-10/h1-2,5-7,10H,3-4,8-9H2,(H,15,17,18). The Morgan fingerprint density at radius 2 is 2.21 bits per heavy atom. The molecule has 2 aromatic rings. The molecule has 0 aromatic carbocycles. The van der Waals surface area contributed by atoms with Crippen LogP contribution in [0.3, 0.4) is 0 Å². The normalized spacial score (nSPS) is 14.3. The fourth-order valence-corrected chi connectivity index (χ4v) is 2.62. The lowest BCUT2D eigenvalue weighted by molar-refractivity contribution is -0.115. The molecule has 3 rings (SSSR count). The maximum atomic E-state index is 11.8. The van der Waals surface area contributed by atoms with Gasteiger partial charge >= 0.3 is 0 Å². The first-order valence-electron chi connectivity index (χ1n) is 6.44. The van der Waals surface area contributed by atoms with Gasteiger partial charge in [-0.15, -0.1) is 16.4 Å². The molecule has 0 aliphatic heterocycles. The summed E-state index contributed by atoms with van der Waals surface area (Å²) in [7, 11) is 0. The third kappa shape index (κ3) is 3.61. The van der Waals surface area contributed by atoms with Crippen molar-refractivity contribution in [1.82, 2.24) is 10.2 Å². The van der Waals surface area contributed by atoms with Crippen LogP contribution in [0.1, 0.15) is 23.4 Å². The van der Waals surface area contributed by atoms with E-state index in [2.05, 4.69) is 15.5 Å². The maximum Gasteiger partial charge on any atom is 0.230 e. The lowest BCUT2D eigenvalue weighted by atomic mass is 10.2. The molecule has 0 spiro atoms. The first-order chi connectivity index (χ1) is 9.29. The Kier molecular flexibility index (Phi) is 3.55. The van der Waals surface area contributed by atoms with Gasteiger partial charge in [-0.1, -0.05) is 6.07 Å². The van der Waals surface area contributed by atoms with Gasteiger partial charge in [0, 0.05) is 4.88 Å². The van der Waals surface area contributed by atoms with Gasteiger partial charge in [0.2, 0.25) is 5.91 Å². The molecule has 2 aromatic heterocycles. The summed E-state index contributed by atoms with van der Waals surface area (Å²) in [6.45, 7) is 0. The van der Waals surface area contributed by atoms with Crippen molar-refractivity contribution in [2.75, 3.05) is 5.32 Å². The summed E-state index contributed by atoms with van der Waals surface area (Å²) < 4.78 is 0. The largest absolute Gasteiger partial charge is 0.309 e. The number of hydrogen-bond donors (Lipinski definition) is 1. The van der Waals surface area contributed by atoms with Crippen LogP contribution in [0.15, 0.2) is 29.6 Å². The molecular formula is C14H15N3OS. The van der Waals surface area contributed by atoms with Gasteiger partial charge in [0.15, 0.2) is 5.82 Å². The minimum Gasteiger partial charge on any atom is -0.309 e. The number of nitrogens with one attached hydrogen (secondary N) is 1. The monoisotopic (exact) mass is 273 g/mol. The van der Waals surface area contributed by atoms with Crippen molar-refractivity contribution < 1.29 is 4.79 Å². The molecule has 1 amide bonds. The summed E-state index contributed by atoms with van der Waals surface area (Å²) in [5, 5.41) is 12.9. The number of rotatable bonds is 5. The number of hydrogen-bond acceptors (Lipinski definition) is 4. The molecule has 1 saturated carbocycles. The highest BCUT2D eigenvalue weighted by molar-refractivity contribution is 7.10. The van der Waals surface area contributed by atoms with Gasteiger partial charge in [-0.05, 0) is 48.8 Å². The number of nitrogens with zero attached hydrogens (tertiary/aromatic N) is 2. The zero-order chi connectivity index (χ0) is 13.1. The molecule has 0 atom stereocenters. The summed E-state index contributed by atoms with van der Waals surface area (Å²) in [5.41, 5.74) is 1.01. The Morgan fingerprint density at radius 3 is 2.84 bits per heavy atom. The fourth-order valence-electron chi connectivity index (χ4n) is 1.91. The van der Waals surface area contributed by atoms with Crippen LogP contribution < -0.4 is 5.32 Å². The molecular weight excluding hydrogens is 258 g/mol. The van der Waals surface area contributed by atoms with E-state index in [-0.39, 0.29) is 5.91 Å². The van der Waals surface area contributed by atoms with E-state index in [1.807, 2.05) is 29.6 Å². The highest BCUT2D eigenvalue weighted by atomic mass is 32.1. The van der Waals surface area contributed by atoms with Crippen molar-refractivity contribution in [3.05, 3.63) is 40.2 Å². The Balaban J connectivity index is 1.55. The Bertz CT molecular complexity index is 547. The van der Waals surface area contributed by atoms with E-state index < -0.39 is 0 Å². The third-order valence-electron chi connectivity index (χ3n) is 3.10. The lowest BCUT2D eigenvalue weighted by Crippen LogP contribution is -2.15. The number of thiophene rings is 1. The summed E-state index contributed by atoms with van der Waals surface area (Å²) in [4.78, 5) is 12.8. The van der Waals surface area contributed by atoms with Gasteiger partial charge in [0.25, 0.3) is 0 Å². The number of carbonyl (C=O) groups is 1. The molecule has 1 aliphatic carbocycles. The van der Waals surface area contributed by atoms with Gasteiger partial charge in [0.05, 0.1) is 12.1 Å². The number of aromatic nitrogens is 2. The van der Waals surface area contributed by atoms with Gasteiger partial charge in [-0.3, -0.25) is 4.79 Å². The van der Waals surface area contributed by atoms with Crippen molar-refractivity contribution in [2.45, 2.75) is 25.7 Å². The van der Waals surface area contributed by atoms with Gasteiger partial charge < -0.3 is 5.32 Å². The summed E-state index contributed by atoms with van der Waals surface area (Å²) >= 11 is 1.58. The average molecular weight is 273 g/mol. The van der Waals surface area contributed by atoms with Gasteiger partial charge in [0.1, 0.15) is 0 Å². The second-order valence-corrected chi connectivity index (χ2v) is 5.89. The maximum absolute atomic E-state index is 11.8. The molecule has 0 saturated heterocycles. The molecule has 2 heterocycles. The van der Waals surface area contributed by atoms with Crippen molar-refractivity contribution in [3.8, 4) is 0 Å². The molecule has 0 unspecified atom stereocenters. The molecule has 0 radical (unpaired) electrons. The van der Waals surface area contributed by atoms with Crippen LogP contribution in [-0.4, -0.2) is 16.1 Å². The van der Waals surface area contributed by atoms with Crippen LogP contribution >= 0.6 is 11.3 Å². The number of carbonyl (C=O) groups excluding carboxylic acids is 1. The lowest BCUT2D eigenvalue weighted by Gasteiger charge is -2.03. The van der Waals surface area contributed by atoms with E-state index in [9.17, 15) is 4.79 Å². The van der Waals surface area contributed by atoms with Crippen LogP contribution in [0.25, 0.3) is 0 Å². The molecule has 5 heteroatoms. The SMILES string of the molecule is O=C(Cc1cccs1)Nc1ccc(CC2CC2)nn1. The molecule has 19 heavy (non-hydrogen) atoms. The van der Waals surface area contributed by atoms with E-state index in [4.69, 9.17) is 0 Å². The number of anilines is 1. The summed E-state index contributed by atoms with van der Waals surface area (Å²) in [5.74, 6) is 1.28. The Morgan fingerprint density at radius 1 is 1.32 bits per heavy atom. The van der Waals surface area contributed by atoms with Crippen molar-refractivity contribution >= 4 is 23.1 Å². The van der Waals surface area contributed by atoms with Gasteiger partial charge in [-0.2, -0.15) is 5.10 Å². The van der Waals surface area contributed by atoms with E-state index >= 15 is 0 Å². The quantitative estimate of drug-likeness (QED) is 0.911. The topological polar surface area (TPSA) is 54.9 Å². The summed E-state index contributed by atoms with van der Waals surface area (Å²) in [6, 6.07) is 7.68. The van der Waals surface area contributed by atoms with Crippen molar-refractivity contribution in [2.24, 2.45) is 5.92 Å². The Hall–Kier alpha value is -1.75. The first-order valence-corrected chi connectivity index (χ1v) is 7.32. The van der Waals surface area contributed by atoms with Crippen molar-refractivity contribution in [1.29, 1.82) is 0 Å². The first kappa shape index (κ1) is 12.3. The molecule has 1 aliphatic rings.